The molecule has 0 spiro atoms. The van der Waals surface area contributed by atoms with Crippen molar-refractivity contribution in [1.82, 2.24) is 5.32 Å². The van der Waals surface area contributed by atoms with Gasteiger partial charge in [-0.3, -0.25) is 13.8 Å². The zero-order chi connectivity index (χ0) is 54.2. The highest BCUT2D eigenvalue weighted by molar-refractivity contribution is 7.47. The van der Waals surface area contributed by atoms with E-state index in [1.807, 2.05) is 27.2 Å². The molecule has 0 rings (SSSR count). The molecule has 0 saturated heterocycles. The summed E-state index contributed by atoms with van der Waals surface area (Å²) in [6, 6.07) is -0.869. The van der Waals surface area contributed by atoms with Gasteiger partial charge in [0.1, 0.15) is 13.2 Å². The molecule has 8 nitrogen and oxygen atoms in total. The second-order valence-electron chi connectivity index (χ2n) is 22.8. The number of carbonyl (C=O) groups is 1. The van der Waals surface area contributed by atoms with Crippen molar-refractivity contribution in [3.63, 3.8) is 0 Å². The molecule has 0 heterocycles. The Morgan fingerprint density at radius 1 is 0.459 bits per heavy atom. The van der Waals surface area contributed by atoms with Crippen LogP contribution in [0.2, 0.25) is 0 Å². The molecule has 0 aliphatic rings. The smallest absolute Gasteiger partial charge is 0.387 e. The standard InChI is InChI=1S/C65H123N2O6P/c1-6-8-10-12-14-16-18-20-21-22-23-24-25-26-27-28-29-30-31-32-33-34-35-36-37-38-39-40-41-42-43-44-45-47-49-51-53-55-57-59-65(69)66-63(62-73-74(70,71)72-61-60-67(3,4)5)64(68)58-56-54-52-50-48-46-19-17-15-13-11-9-7-2/h15,17-18,20,22-23,48,50,56,58,63-64,68H,6-14,16,19,21,24-47,49,51-55,57,59-62H2,1-5H3,(H-,66,69,70,71)/p+1/b17-15+,20-18-,23-22-,50-48+,58-56+. The Morgan fingerprint density at radius 2 is 0.784 bits per heavy atom. The lowest BCUT2D eigenvalue weighted by Gasteiger charge is -2.25. The first-order valence-electron chi connectivity index (χ1n) is 31.7. The molecule has 0 aromatic heterocycles. The molecule has 0 saturated carbocycles. The van der Waals surface area contributed by atoms with Gasteiger partial charge < -0.3 is 19.8 Å². The fourth-order valence-electron chi connectivity index (χ4n) is 9.22. The Labute approximate surface area is 460 Å². The summed E-state index contributed by atoms with van der Waals surface area (Å²) in [5, 5.41) is 13.9. The fourth-order valence-corrected chi connectivity index (χ4v) is 9.96. The molecule has 3 N–H and O–H groups in total. The molecule has 9 heteroatoms. The van der Waals surface area contributed by atoms with Gasteiger partial charge in [-0.1, -0.05) is 274 Å². The van der Waals surface area contributed by atoms with Crippen LogP contribution in [-0.4, -0.2) is 73.4 Å². The van der Waals surface area contributed by atoms with Gasteiger partial charge >= 0.3 is 7.82 Å². The number of likely N-dealkylation sites (N-methyl/N-ethyl adjacent to an activating group) is 1. The summed E-state index contributed by atoms with van der Waals surface area (Å²) in [6.07, 6.45) is 76.6. The SMILES string of the molecule is CCCCC/C=C/CC/C=C/CC/C=C/C(O)C(COP(=O)(O)OCC[N+](C)(C)C)NC(=O)CCCCCCCCCCCCCCCCCCCCCCCCCCCCC/C=C\C/C=C\CCCCCCC. The Bertz CT molecular complexity index is 1390. The van der Waals surface area contributed by atoms with Gasteiger partial charge in [0.05, 0.1) is 39.9 Å². The number of nitrogens with one attached hydrogen (secondary N) is 1. The normalized spacial score (nSPS) is 14.2. The summed E-state index contributed by atoms with van der Waals surface area (Å²) in [5.41, 5.74) is 0. The van der Waals surface area contributed by atoms with Gasteiger partial charge in [0, 0.05) is 6.42 Å². The molecule has 0 bridgehead atoms. The van der Waals surface area contributed by atoms with Gasteiger partial charge in [-0.25, -0.2) is 4.57 Å². The van der Waals surface area contributed by atoms with Crippen molar-refractivity contribution >= 4 is 13.7 Å². The molecule has 0 aromatic carbocycles. The summed E-state index contributed by atoms with van der Waals surface area (Å²) >= 11 is 0. The van der Waals surface area contributed by atoms with Crippen LogP contribution in [0.1, 0.15) is 296 Å². The average molecular weight is 1060 g/mol. The highest BCUT2D eigenvalue weighted by Gasteiger charge is 2.27. The Kier molecular flexibility index (Phi) is 54.6. The van der Waals surface area contributed by atoms with E-state index in [1.165, 1.54) is 218 Å². The van der Waals surface area contributed by atoms with Gasteiger partial charge in [0.25, 0.3) is 0 Å². The number of rotatable bonds is 58. The lowest BCUT2D eigenvalue weighted by atomic mass is 10.0. The molecule has 3 unspecified atom stereocenters. The summed E-state index contributed by atoms with van der Waals surface area (Å²) < 4.78 is 23.6. The quantitative estimate of drug-likeness (QED) is 0.0243. The van der Waals surface area contributed by atoms with Crippen LogP contribution in [-0.2, 0) is 18.4 Å². The topological polar surface area (TPSA) is 105 Å². The molecule has 0 radical (unpaired) electrons. The number of phosphoric ester groups is 1. The minimum atomic E-state index is -4.36. The summed E-state index contributed by atoms with van der Waals surface area (Å²) in [5.74, 6) is -0.188. The number of quaternary nitrogens is 1. The van der Waals surface area contributed by atoms with Gasteiger partial charge in [-0.2, -0.15) is 0 Å². The number of allylic oxidation sites excluding steroid dienone is 9. The second kappa shape index (κ2) is 55.9. The van der Waals surface area contributed by atoms with Crippen molar-refractivity contribution in [2.24, 2.45) is 0 Å². The van der Waals surface area contributed by atoms with Crippen molar-refractivity contribution in [3.05, 3.63) is 60.8 Å². The van der Waals surface area contributed by atoms with E-state index in [-0.39, 0.29) is 19.1 Å². The predicted molar refractivity (Wildman–Crippen MR) is 323 cm³/mol. The number of aliphatic hydroxyl groups is 1. The van der Waals surface area contributed by atoms with Crippen molar-refractivity contribution in [3.8, 4) is 0 Å². The van der Waals surface area contributed by atoms with E-state index < -0.39 is 20.0 Å². The van der Waals surface area contributed by atoms with Crippen molar-refractivity contribution < 1.29 is 32.9 Å². The van der Waals surface area contributed by atoms with Crippen LogP contribution in [0, 0.1) is 0 Å². The van der Waals surface area contributed by atoms with E-state index in [2.05, 4.69) is 67.8 Å². The zero-order valence-electron chi connectivity index (χ0n) is 49.6. The van der Waals surface area contributed by atoms with Crippen LogP contribution >= 0.6 is 7.82 Å². The highest BCUT2D eigenvalue weighted by Crippen LogP contribution is 2.43. The van der Waals surface area contributed by atoms with Crippen LogP contribution in [0.5, 0.6) is 0 Å². The third kappa shape index (κ3) is 57.9. The maximum absolute atomic E-state index is 13.0. The molecule has 0 fully saturated rings. The minimum absolute atomic E-state index is 0.0536. The molecule has 74 heavy (non-hydrogen) atoms. The monoisotopic (exact) mass is 1060 g/mol. The molecule has 0 aliphatic carbocycles. The third-order valence-corrected chi connectivity index (χ3v) is 15.2. The maximum atomic E-state index is 13.0. The number of amides is 1. The number of phosphoric acid groups is 1. The first-order valence-corrected chi connectivity index (χ1v) is 33.2. The molecule has 1 amide bonds. The van der Waals surface area contributed by atoms with Gasteiger partial charge in [0.15, 0.2) is 0 Å². The fraction of sp³-hybridized carbons (Fsp3) is 0.831. The lowest BCUT2D eigenvalue weighted by Crippen LogP contribution is -2.45. The minimum Gasteiger partial charge on any atom is -0.387 e. The summed E-state index contributed by atoms with van der Waals surface area (Å²) in [4.78, 5) is 23.3. The number of carbonyl (C=O) groups excluding carboxylic acids is 1. The molecule has 3 atom stereocenters. The largest absolute Gasteiger partial charge is 0.472 e. The molecular weight excluding hydrogens is 936 g/mol. The number of hydrogen-bond donors (Lipinski definition) is 3. The Morgan fingerprint density at radius 3 is 1.19 bits per heavy atom. The number of hydrogen-bond acceptors (Lipinski definition) is 5. The van der Waals surface area contributed by atoms with Gasteiger partial charge in [-0.15, -0.1) is 0 Å². The van der Waals surface area contributed by atoms with Crippen LogP contribution in [0.4, 0.5) is 0 Å². The first kappa shape index (κ1) is 72.2. The second-order valence-corrected chi connectivity index (χ2v) is 24.2. The van der Waals surface area contributed by atoms with Crippen molar-refractivity contribution in [1.29, 1.82) is 0 Å². The third-order valence-electron chi connectivity index (χ3n) is 14.2. The van der Waals surface area contributed by atoms with E-state index in [0.717, 1.165) is 57.8 Å². The molecule has 0 aromatic rings. The molecule has 0 aliphatic heterocycles. The Balaban J connectivity index is 3.89. The van der Waals surface area contributed by atoms with Crippen molar-refractivity contribution in [2.75, 3.05) is 40.9 Å². The number of nitrogens with zero attached hydrogens (tertiary/aromatic N) is 1. The predicted octanol–water partition coefficient (Wildman–Crippen LogP) is 19.7. The van der Waals surface area contributed by atoms with E-state index in [0.29, 0.717) is 17.4 Å². The zero-order valence-corrected chi connectivity index (χ0v) is 50.5. The van der Waals surface area contributed by atoms with Crippen LogP contribution < -0.4 is 5.32 Å². The van der Waals surface area contributed by atoms with Crippen LogP contribution in [0.25, 0.3) is 0 Å². The Hall–Kier alpha value is -1.80. The van der Waals surface area contributed by atoms with E-state index in [1.54, 1.807) is 6.08 Å². The highest BCUT2D eigenvalue weighted by atomic mass is 31.2. The van der Waals surface area contributed by atoms with Gasteiger partial charge in [-0.05, 0) is 77.0 Å². The van der Waals surface area contributed by atoms with E-state index in [9.17, 15) is 19.4 Å². The summed E-state index contributed by atoms with van der Waals surface area (Å²) in [6.45, 7) is 4.76. The molecule has 434 valence electrons. The first-order chi connectivity index (χ1) is 36.0. The number of aliphatic hydroxyl groups excluding tert-OH is 1. The average Bonchev–Trinajstić information content (AvgIpc) is 3.36. The van der Waals surface area contributed by atoms with E-state index >= 15 is 0 Å². The van der Waals surface area contributed by atoms with Crippen LogP contribution in [0.3, 0.4) is 0 Å². The maximum Gasteiger partial charge on any atom is 0.472 e. The number of unbranched alkanes of at least 4 members (excludes halogenated alkanes) is 37. The van der Waals surface area contributed by atoms with Gasteiger partial charge in [0.2, 0.25) is 5.91 Å². The molecular formula is C65H124N2O6P+. The lowest BCUT2D eigenvalue weighted by molar-refractivity contribution is -0.870. The van der Waals surface area contributed by atoms with E-state index in [4.69, 9.17) is 9.05 Å². The summed E-state index contributed by atoms with van der Waals surface area (Å²) in [7, 11) is 1.55. The van der Waals surface area contributed by atoms with Crippen LogP contribution in [0.15, 0.2) is 60.8 Å². The van der Waals surface area contributed by atoms with Crippen molar-refractivity contribution in [2.45, 2.75) is 309 Å².